The molecule has 28 heavy (non-hydrogen) atoms. The zero-order chi connectivity index (χ0) is 20.2. The van der Waals surface area contributed by atoms with Crippen LogP contribution in [-0.2, 0) is 19.1 Å². The Morgan fingerprint density at radius 3 is 1.39 bits per heavy atom. The molecule has 0 aliphatic heterocycles. The van der Waals surface area contributed by atoms with Crippen molar-refractivity contribution in [2.45, 2.75) is 26.7 Å². The molecular formula is C24H26O4. The number of hydrogen-bond donors (Lipinski definition) is 0. The van der Waals surface area contributed by atoms with Crippen LogP contribution in [-0.4, -0.2) is 25.2 Å². The molecule has 0 spiro atoms. The van der Waals surface area contributed by atoms with Crippen molar-refractivity contribution in [2.24, 2.45) is 0 Å². The van der Waals surface area contributed by atoms with Gasteiger partial charge in [-0.25, -0.2) is 9.59 Å². The van der Waals surface area contributed by atoms with E-state index in [1.807, 2.05) is 60.7 Å². The number of ether oxygens (including phenoxy) is 2. The second-order valence-electron chi connectivity index (χ2n) is 6.46. The summed E-state index contributed by atoms with van der Waals surface area (Å²) in [6.45, 7) is 4.07. The normalized spacial score (nSPS) is 11.8. The topological polar surface area (TPSA) is 52.6 Å². The summed E-state index contributed by atoms with van der Waals surface area (Å²) < 4.78 is 10.5. The minimum absolute atomic E-state index is 0.301. The van der Waals surface area contributed by atoms with Crippen molar-refractivity contribution in [3.05, 3.63) is 82.9 Å². The fourth-order valence-electron chi connectivity index (χ4n) is 2.48. The van der Waals surface area contributed by atoms with Gasteiger partial charge in [-0.2, -0.15) is 0 Å². The predicted molar refractivity (Wildman–Crippen MR) is 111 cm³/mol. The Labute approximate surface area is 166 Å². The number of unbranched alkanes of at least 4 members (excludes halogenated alkanes) is 1. The van der Waals surface area contributed by atoms with Crippen LogP contribution in [0.3, 0.4) is 0 Å². The Kier molecular flexibility index (Phi) is 8.73. The number of benzene rings is 2. The van der Waals surface area contributed by atoms with Crippen LogP contribution in [0.5, 0.6) is 0 Å². The summed E-state index contributed by atoms with van der Waals surface area (Å²) in [5.74, 6) is -0.662. The van der Waals surface area contributed by atoms with Crippen LogP contribution < -0.4 is 0 Å². The van der Waals surface area contributed by atoms with Crippen LogP contribution in [0.15, 0.2) is 71.8 Å². The van der Waals surface area contributed by atoms with Gasteiger partial charge in [0, 0.05) is 11.1 Å². The van der Waals surface area contributed by atoms with E-state index in [1.54, 1.807) is 26.0 Å². The van der Waals surface area contributed by atoms with E-state index in [2.05, 4.69) is 0 Å². The molecule has 2 aromatic rings. The molecule has 0 aliphatic carbocycles. The highest BCUT2D eigenvalue weighted by molar-refractivity contribution is 5.93. The van der Waals surface area contributed by atoms with E-state index in [-0.39, 0.29) is 11.9 Å². The summed E-state index contributed by atoms with van der Waals surface area (Å²) >= 11 is 0. The molecule has 0 N–H and O–H groups in total. The van der Waals surface area contributed by atoms with Gasteiger partial charge in [-0.1, -0.05) is 60.7 Å². The smallest absolute Gasteiger partial charge is 0.333 e. The van der Waals surface area contributed by atoms with Gasteiger partial charge in [0.2, 0.25) is 0 Å². The third-order valence-electron chi connectivity index (χ3n) is 4.01. The number of carbonyl (C=O) groups excluding carboxylic acids is 2. The Bertz CT molecular complexity index is 749. The number of carbonyl (C=O) groups is 2. The minimum atomic E-state index is -0.331. The van der Waals surface area contributed by atoms with Crippen molar-refractivity contribution in [3.63, 3.8) is 0 Å². The van der Waals surface area contributed by atoms with Crippen LogP contribution >= 0.6 is 0 Å². The maximum Gasteiger partial charge on any atom is 0.333 e. The molecule has 0 atom stereocenters. The lowest BCUT2D eigenvalue weighted by molar-refractivity contribution is -0.141. The van der Waals surface area contributed by atoms with Gasteiger partial charge in [0.05, 0.1) is 13.2 Å². The molecule has 0 saturated carbocycles. The average molecular weight is 378 g/mol. The van der Waals surface area contributed by atoms with Crippen LogP contribution in [0.25, 0.3) is 12.2 Å². The van der Waals surface area contributed by atoms with Crippen molar-refractivity contribution in [1.82, 2.24) is 0 Å². The van der Waals surface area contributed by atoms with E-state index in [4.69, 9.17) is 9.47 Å². The lowest BCUT2D eigenvalue weighted by atomic mass is 10.1. The van der Waals surface area contributed by atoms with E-state index in [1.165, 1.54) is 0 Å². The molecule has 0 bridgehead atoms. The maximum absolute atomic E-state index is 12.0. The van der Waals surface area contributed by atoms with Crippen molar-refractivity contribution < 1.29 is 19.1 Å². The molecule has 2 rings (SSSR count). The molecular weight excluding hydrogens is 352 g/mol. The molecule has 0 heterocycles. The fraction of sp³-hybridized carbons (Fsp3) is 0.250. The Morgan fingerprint density at radius 1 is 0.679 bits per heavy atom. The highest BCUT2D eigenvalue weighted by Crippen LogP contribution is 2.09. The van der Waals surface area contributed by atoms with E-state index in [9.17, 15) is 9.59 Å². The van der Waals surface area contributed by atoms with Gasteiger partial charge in [0.15, 0.2) is 0 Å². The van der Waals surface area contributed by atoms with Gasteiger partial charge in [-0.15, -0.1) is 0 Å². The molecule has 146 valence electrons. The lowest BCUT2D eigenvalue weighted by Crippen LogP contribution is -2.10. The standard InChI is InChI=1S/C24H26O4/c1-19(17-21-11-5-3-6-12-21)23(25)27-15-9-10-16-28-24(26)20(2)18-22-13-7-4-8-14-22/h3-8,11-14,17-18H,9-10,15-16H2,1-2H3/b19-17+,20-18+. The van der Waals surface area contributed by atoms with Crippen molar-refractivity contribution in [3.8, 4) is 0 Å². The van der Waals surface area contributed by atoms with Gasteiger partial charge in [0.1, 0.15) is 0 Å². The molecule has 0 unspecified atom stereocenters. The molecule has 4 nitrogen and oxygen atoms in total. The van der Waals surface area contributed by atoms with Crippen molar-refractivity contribution >= 4 is 24.1 Å². The summed E-state index contributed by atoms with van der Waals surface area (Å²) in [5.41, 5.74) is 3.03. The molecule has 0 saturated heterocycles. The zero-order valence-corrected chi connectivity index (χ0v) is 16.4. The minimum Gasteiger partial charge on any atom is -0.462 e. The van der Waals surface area contributed by atoms with E-state index < -0.39 is 0 Å². The largest absolute Gasteiger partial charge is 0.462 e. The molecule has 0 fully saturated rings. The molecule has 4 heteroatoms. The Balaban J connectivity index is 1.63. The molecule has 0 aliphatic rings. The van der Waals surface area contributed by atoms with Crippen LogP contribution in [0, 0.1) is 0 Å². The third-order valence-corrected chi connectivity index (χ3v) is 4.01. The fourth-order valence-corrected chi connectivity index (χ4v) is 2.48. The lowest BCUT2D eigenvalue weighted by Gasteiger charge is -2.07. The zero-order valence-electron chi connectivity index (χ0n) is 16.4. The Hall–Kier alpha value is -3.14. The van der Waals surface area contributed by atoms with Crippen LogP contribution in [0.1, 0.15) is 37.8 Å². The van der Waals surface area contributed by atoms with Gasteiger partial charge < -0.3 is 9.47 Å². The van der Waals surface area contributed by atoms with Gasteiger partial charge >= 0.3 is 11.9 Å². The van der Waals surface area contributed by atoms with E-state index in [0.717, 1.165) is 11.1 Å². The second kappa shape index (κ2) is 11.5. The third kappa shape index (κ3) is 7.62. The Morgan fingerprint density at radius 2 is 1.04 bits per heavy atom. The first-order valence-corrected chi connectivity index (χ1v) is 9.37. The first-order chi connectivity index (χ1) is 13.6. The van der Waals surface area contributed by atoms with Gasteiger partial charge in [-0.05, 0) is 50.0 Å². The molecule has 0 radical (unpaired) electrons. The molecule has 2 aromatic carbocycles. The van der Waals surface area contributed by atoms with Crippen LogP contribution in [0.4, 0.5) is 0 Å². The first kappa shape index (κ1) is 21.2. The number of esters is 2. The SMILES string of the molecule is C/C(=C\c1ccccc1)C(=O)OCCCCOC(=O)/C(C)=C/c1ccccc1. The monoisotopic (exact) mass is 378 g/mol. The van der Waals surface area contributed by atoms with Gasteiger partial charge in [0.25, 0.3) is 0 Å². The average Bonchev–Trinajstić information content (AvgIpc) is 2.71. The summed E-state index contributed by atoms with van der Waals surface area (Å²) in [6, 6.07) is 19.3. The number of hydrogen-bond acceptors (Lipinski definition) is 4. The summed E-state index contributed by atoms with van der Waals surface area (Å²) in [6.07, 6.45) is 4.87. The summed E-state index contributed by atoms with van der Waals surface area (Å²) in [4.78, 5) is 23.9. The number of rotatable bonds is 9. The highest BCUT2D eigenvalue weighted by atomic mass is 16.5. The second-order valence-corrected chi connectivity index (χ2v) is 6.46. The summed E-state index contributed by atoms with van der Waals surface area (Å²) in [7, 11) is 0. The highest BCUT2D eigenvalue weighted by Gasteiger charge is 2.07. The van der Waals surface area contributed by atoms with E-state index in [0.29, 0.717) is 37.2 Å². The maximum atomic E-state index is 12.0. The van der Waals surface area contributed by atoms with Crippen molar-refractivity contribution in [1.29, 1.82) is 0 Å². The molecule has 0 amide bonds. The van der Waals surface area contributed by atoms with Crippen molar-refractivity contribution in [2.75, 3.05) is 13.2 Å². The van der Waals surface area contributed by atoms with Gasteiger partial charge in [-0.3, -0.25) is 0 Å². The quantitative estimate of drug-likeness (QED) is 0.348. The van der Waals surface area contributed by atoms with Crippen LogP contribution in [0.2, 0.25) is 0 Å². The first-order valence-electron chi connectivity index (χ1n) is 9.37. The molecule has 0 aromatic heterocycles. The van der Waals surface area contributed by atoms with E-state index >= 15 is 0 Å². The summed E-state index contributed by atoms with van der Waals surface area (Å²) in [5, 5.41) is 0. The predicted octanol–water partition coefficient (Wildman–Crippen LogP) is 5.06.